The third-order valence-electron chi connectivity index (χ3n) is 19.1. The molecule has 0 aliphatic carbocycles. The summed E-state index contributed by atoms with van der Waals surface area (Å²) in [6, 6.07) is 0. The van der Waals surface area contributed by atoms with Crippen molar-refractivity contribution in [2.24, 2.45) is 11.8 Å². The monoisotopic (exact) mass is 1450 g/mol. The van der Waals surface area contributed by atoms with Crippen molar-refractivity contribution >= 4 is 39.5 Å². The molecular weight excluding hydrogens is 1290 g/mol. The summed E-state index contributed by atoms with van der Waals surface area (Å²) in [4.78, 5) is 73.0. The number of carbonyl (C=O) groups is 4. The molecule has 0 aliphatic heterocycles. The van der Waals surface area contributed by atoms with Crippen molar-refractivity contribution in [1.82, 2.24) is 0 Å². The van der Waals surface area contributed by atoms with Gasteiger partial charge < -0.3 is 33.8 Å². The van der Waals surface area contributed by atoms with Crippen LogP contribution in [0.4, 0.5) is 0 Å². The van der Waals surface area contributed by atoms with Crippen molar-refractivity contribution < 1.29 is 80.2 Å². The van der Waals surface area contributed by atoms with Gasteiger partial charge in [-0.25, -0.2) is 9.13 Å². The number of ether oxygens (including phenoxy) is 4. The Morgan fingerprint density at radius 3 is 0.768 bits per heavy atom. The van der Waals surface area contributed by atoms with Gasteiger partial charge in [-0.3, -0.25) is 37.3 Å². The molecule has 99 heavy (non-hydrogen) atoms. The van der Waals surface area contributed by atoms with E-state index in [-0.39, 0.29) is 25.7 Å². The number of phosphoric acid groups is 2. The van der Waals surface area contributed by atoms with Crippen LogP contribution >= 0.6 is 15.6 Å². The van der Waals surface area contributed by atoms with E-state index >= 15 is 0 Å². The van der Waals surface area contributed by atoms with Gasteiger partial charge in [0.2, 0.25) is 0 Å². The average molecular weight is 1450 g/mol. The lowest BCUT2D eigenvalue weighted by atomic mass is 9.99. The van der Waals surface area contributed by atoms with E-state index in [0.29, 0.717) is 25.7 Å². The van der Waals surface area contributed by atoms with Gasteiger partial charge >= 0.3 is 39.5 Å². The van der Waals surface area contributed by atoms with Crippen LogP contribution in [0, 0.1) is 11.8 Å². The summed E-state index contributed by atoms with van der Waals surface area (Å²) in [6.45, 7) is 9.67. The Balaban J connectivity index is 5.26. The minimum Gasteiger partial charge on any atom is -0.462 e. The molecule has 0 aromatic carbocycles. The average Bonchev–Trinajstić information content (AvgIpc) is 2.26. The molecule has 19 heteroatoms. The molecule has 17 nitrogen and oxygen atoms in total. The first-order valence-electron chi connectivity index (χ1n) is 41.5. The summed E-state index contributed by atoms with van der Waals surface area (Å²) < 4.78 is 68.7. The number of aliphatic hydroxyl groups excluding tert-OH is 1. The standard InChI is InChI=1S/C80H156O17P2/c1-7-10-12-14-16-18-20-22-23-24-25-26-27-33-40-46-52-58-64-79(84)96-75(68-91-78(83)63-57-51-45-39-32-29-28-30-36-42-48-54-60-72(4)5)70-94-98(86,87)92-66-74(81)67-93-99(88,89)95-71-76(69-90-77(82)62-56-50-44-38-31-21-19-17-15-13-11-8-2)97-80(85)65-59-53-47-41-35-34-37-43-49-55-61-73(6)9-3/h72-76,81H,7-71H2,1-6H3,(H,86,87)(H,88,89)/t73?,74-,75-,76-/m1/s1. The van der Waals surface area contributed by atoms with Gasteiger partial charge in [0.05, 0.1) is 26.4 Å². The minimum atomic E-state index is -4.96. The van der Waals surface area contributed by atoms with Crippen molar-refractivity contribution in [2.45, 2.75) is 439 Å². The highest BCUT2D eigenvalue weighted by Crippen LogP contribution is 2.45. The first-order chi connectivity index (χ1) is 47.9. The maximum atomic E-state index is 13.1. The number of unbranched alkanes of at least 4 members (excludes halogenated alkanes) is 48. The van der Waals surface area contributed by atoms with E-state index in [1.54, 1.807) is 0 Å². The Morgan fingerprint density at radius 2 is 0.515 bits per heavy atom. The highest BCUT2D eigenvalue weighted by Gasteiger charge is 2.30. The lowest BCUT2D eigenvalue weighted by Crippen LogP contribution is -2.30. The second-order valence-electron chi connectivity index (χ2n) is 29.5. The lowest BCUT2D eigenvalue weighted by Gasteiger charge is -2.21. The molecule has 0 aromatic heterocycles. The summed E-state index contributed by atoms with van der Waals surface area (Å²) in [7, 11) is -9.92. The van der Waals surface area contributed by atoms with Gasteiger partial charge in [-0.05, 0) is 37.5 Å². The molecule has 0 aliphatic rings. The SMILES string of the molecule is CCCCCCCCCCCCCCCCCCCCC(=O)O[C@H](COC(=O)CCCCCCCCCCCCCCC(C)C)COP(=O)(O)OC[C@@H](O)COP(=O)(O)OC[C@@H](COC(=O)CCCCCCCCCCCCCC)OC(=O)CCCCCCCCCCCCC(C)CC. The van der Waals surface area contributed by atoms with Crippen molar-refractivity contribution in [2.75, 3.05) is 39.6 Å². The van der Waals surface area contributed by atoms with Crippen molar-refractivity contribution in [3.63, 3.8) is 0 Å². The van der Waals surface area contributed by atoms with Gasteiger partial charge in [-0.2, -0.15) is 0 Å². The van der Waals surface area contributed by atoms with Crippen molar-refractivity contribution in [3.8, 4) is 0 Å². The summed E-state index contributed by atoms with van der Waals surface area (Å²) in [6.07, 6.45) is 60.8. The normalized spacial score (nSPS) is 14.2. The van der Waals surface area contributed by atoms with Crippen LogP contribution < -0.4 is 0 Å². The molecule has 3 unspecified atom stereocenters. The zero-order valence-corrected chi connectivity index (χ0v) is 66.6. The van der Waals surface area contributed by atoms with E-state index in [0.717, 1.165) is 102 Å². The molecule has 3 N–H and O–H groups in total. The molecule has 0 fully saturated rings. The lowest BCUT2D eigenvalue weighted by molar-refractivity contribution is -0.161. The highest BCUT2D eigenvalue weighted by atomic mass is 31.2. The second kappa shape index (κ2) is 71.7. The van der Waals surface area contributed by atoms with Crippen LogP contribution in [0.25, 0.3) is 0 Å². The number of hydrogen-bond acceptors (Lipinski definition) is 15. The Kier molecular flexibility index (Phi) is 70.3. The van der Waals surface area contributed by atoms with Gasteiger partial charge in [0.25, 0.3) is 0 Å². The summed E-state index contributed by atoms with van der Waals surface area (Å²) in [5.41, 5.74) is 0. The molecule has 0 amide bonds. The predicted octanol–water partition coefficient (Wildman–Crippen LogP) is 23.9. The molecule has 0 aromatic rings. The van der Waals surface area contributed by atoms with Crippen molar-refractivity contribution in [1.29, 1.82) is 0 Å². The molecule has 0 saturated heterocycles. The van der Waals surface area contributed by atoms with Gasteiger partial charge in [0.1, 0.15) is 19.3 Å². The maximum absolute atomic E-state index is 13.1. The Labute approximate surface area is 607 Å². The predicted molar refractivity (Wildman–Crippen MR) is 405 cm³/mol. The zero-order chi connectivity index (χ0) is 72.8. The van der Waals surface area contributed by atoms with Crippen molar-refractivity contribution in [3.05, 3.63) is 0 Å². The fourth-order valence-corrected chi connectivity index (χ4v) is 13.9. The maximum Gasteiger partial charge on any atom is 0.472 e. The number of hydrogen-bond donors (Lipinski definition) is 3. The van der Waals surface area contributed by atoms with Crippen LogP contribution in [0.3, 0.4) is 0 Å². The van der Waals surface area contributed by atoms with E-state index in [1.807, 2.05) is 0 Å². The molecule has 0 spiro atoms. The van der Waals surface area contributed by atoms with Gasteiger partial charge in [-0.1, -0.05) is 369 Å². The molecule has 0 radical (unpaired) electrons. The topological polar surface area (TPSA) is 237 Å². The Hall–Kier alpha value is -1.94. The van der Waals surface area contributed by atoms with Crippen LogP contribution in [0.15, 0.2) is 0 Å². The van der Waals surface area contributed by atoms with E-state index < -0.39 is 97.5 Å². The molecule has 0 saturated carbocycles. The van der Waals surface area contributed by atoms with E-state index in [4.69, 9.17) is 37.0 Å². The Morgan fingerprint density at radius 1 is 0.293 bits per heavy atom. The smallest absolute Gasteiger partial charge is 0.462 e. The fraction of sp³-hybridized carbons (Fsp3) is 0.950. The Bertz CT molecular complexity index is 1910. The first kappa shape index (κ1) is 97.1. The van der Waals surface area contributed by atoms with Crippen LogP contribution in [-0.2, 0) is 65.4 Å². The summed E-state index contributed by atoms with van der Waals surface area (Å²) >= 11 is 0. The molecular formula is C80H156O17P2. The molecule has 6 atom stereocenters. The number of esters is 4. The number of carbonyl (C=O) groups excluding carboxylic acids is 4. The fourth-order valence-electron chi connectivity index (χ4n) is 12.3. The molecule has 588 valence electrons. The second-order valence-corrected chi connectivity index (χ2v) is 32.4. The third-order valence-corrected chi connectivity index (χ3v) is 21.0. The number of rotatable bonds is 79. The van der Waals surface area contributed by atoms with Crippen LogP contribution in [0.5, 0.6) is 0 Å². The van der Waals surface area contributed by atoms with E-state index in [1.165, 1.54) is 238 Å². The zero-order valence-electron chi connectivity index (χ0n) is 64.8. The van der Waals surface area contributed by atoms with Crippen LogP contribution in [0.2, 0.25) is 0 Å². The summed E-state index contributed by atoms with van der Waals surface area (Å²) in [5.74, 6) is -0.523. The number of phosphoric ester groups is 2. The van der Waals surface area contributed by atoms with Crippen LogP contribution in [0.1, 0.15) is 420 Å². The van der Waals surface area contributed by atoms with Gasteiger partial charge in [0.15, 0.2) is 12.2 Å². The highest BCUT2D eigenvalue weighted by molar-refractivity contribution is 7.47. The quantitative estimate of drug-likeness (QED) is 0.0222. The van der Waals surface area contributed by atoms with Crippen LogP contribution in [-0.4, -0.2) is 96.7 Å². The molecule has 0 rings (SSSR count). The largest absolute Gasteiger partial charge is 0.472 e. The van der Waals surface area contributed by atoms with E-state index in [9.17, 15) is 43.2 Å². The van der Waals surface area contributed by atoms with Gasteiger partial charge in [0, 0.05) is 25.7 Å². The molecule has 0 bridgehead atoms. The number of aliphatic hydroxyl groups is 1. The minimum absolute atomic E-state index is 0.107. The van der Waals surface area contributed by atoms with Gasteiger partial charge in [-0.15, -0.1) is 0 Å². The third kappa shape index (κ3) is 72.8. The van der Waals surface area contributed by atoms with E-state index in [2.05, 4.69) is 41.5 Å². The molecule has 0 heterocycles. The first-order valence-corrected chi connectivity index (χ1v) is 44.5. The summed E-state index contributed by atoms with van der Waals surface area (Å²) in [5, 5.41) is 10.6.